The molecule has 3 aromatic rings. The first-order valence-electron chi connectivity index (χ1n) is 8.31. The van der Waals surface area contributed by atoms with Crippen molar-refractivity contribution < 1.29 is 14.3 Å². The fraction of sp³-hybridized carbons (Fsp3) is 0.211. The SMILES string of the molecule is CCn1cc(N2Cc3nc(-c4ccc(F)c(O)c4)cc(C)c3C2=O)cn1. The Balaban J connectivity index is 1.74. The summed E-state index contributed by atoms with van der Waals surface area (Å²) in [6.45, 7) is 4.91. The van der Waals surface area contributed by atoms with Gasteiger partial charge in [0.1, 0.15) is 0 Å². The summed E-state index contributed by atoms with van der Waals surface area (Å²) >= 11 is 0. The lowest BCUT2D eigenvalue weighted by Crippen LogP contribution is -2.22. The number of aryl methyl sites for hydroxylation is 2. The molecule has 1 aliphatic rings. The topological polar surface area (TPSA) is 71.2 Å². The van der Waals surface area contributed by atoms with Crippen molar-refractivity contribution in [3.8, 4) is 17.0 Å². The van der Waals surface area contributed by atoms with Gasteiger partial charge in [-0.1, -0.05) is 0 Å². The Morgan fingerprint density at radius 3 is 2.81 bits per heavy atom. The number of phenolic OH excluding ortho intramolecular Hbond substituents is 1. The van der Waals surface area contributed by atoms with E-state index in [4.69, 9.17) is 0 Å². The first-order valence-corrected chi connectivity index (χ1v) is 8.31. The van der Waals surface area contributed by atoms with E-state index < -0.39 is 11.6 Å². The van der Waals surface area contributed by atoms with Crippen molar-refractivity contribution >= 4 is 11.6 Å². The van der Waals surface area contributed by atoms with Crippen LogP contribution in [0.1, 0.15) is 28.5 Å². The second-order valence-corrected chi connectivity index (χ2v) is 6.26. The second kappa shape index (κ2) is 5.94. The summed E-state index contributed by atoms with van der Waals surface area (Å²) in [7, 11) is 0. The van der Waals surface area contributed by atoms with Crippen LogP contribution in [0.15, 0.2) is 36.7 Å². The van der Waals surface area contributed by atoms with Gasteiger partial charge in [0.25, 0.3) is 5.91 Å². The highest BCUT2D eigenvalue weighted by Gasteiger charge is 2.32. The molecule has 3 heterocycles. The molecule has 1 aliphatic heterocycles. The number of hydrogen-bond donors (Lipinski definition) is 1. The van der Waals surface area contributed by atoms with Crippen LogP contribution in [0.25, 0.3) is 11.3 Å². The minimum absolute atomic E-state index is 0.103. The van der Waals surface area contributed by atoms with Gasteiger partial charge in [0, 0.05) is 18.3 Å². The smallest absolute Gasteiger partial charge is 0.260 e. The van der Waals surface area contributed by atoms with Crippen LogP contribution in [0.2, 0.25) is 0 Å². The van der Waals surface area contributed by atoms with Gasteiger partial charge in [0.15, 0.2) is 11.6 Å². The lowest BCUT2D eigenvalue weighted by Gasteiger charge is -2.12. The summed E-state index contributed by atoms with van der Waals surface area (Å²) < 4.78 is 15.1. The zero-order valence-electron chi connectivity index (χ0n) is 14.4. The predicted molar refractivity (Wildman–Crippen MR) is 94.4 cm³/mol. The van der Waals surface area contributed by atoms with Crippen molar-refractivity contribution in [2.24, 2.45) is 0 Å². The average Bonchev–Trinajstić information content (AvgIpc) is 3.22. The van der Waals surface area contributed by atoms with Gasteiger partial charge in [-0.15, -0.1) is 0 Å². The molecule has 1 amide bonds. The summed E-state index contributed by atoms with van der Waals surface area (Å²) in [5, 5.41) is 13.8. The zero-order valence-corrected chi connectivity index (χ0v) is 14.4. The zero-order chi connectivity index (χ0) is 18.4. The largest absolute Gasteiger partial charge is 0.505 e. The van der Waals surface area contributed by atoms with Crippen LogP contribution in [-0.4, -0.2) is 25.8 Å². The Labute approximate surface area is 149 Å². The lowest BCUT2D eigenvalue weighted by atomic mass is 10.0. The van der Waals surface area contributed by atoms with E-state index in [0.717, 1.165) is 17.8 Å². The number of aromatic hydroxyl groups is 1. The van der Waals surface area contributed by atoms with Crippen LogP contribution in [0.3, 0.4) is 0 Å². The highest BCUT2D eigenvalue weighted by atomic mass is 19.1. The van der Waals surface area contributed by atoms with E-state index in [1.807, 2.05) is 20.0 Å². The number of pyridine rings is 1. The Bertz CT molecular complexity index is 1030. The van der Waals surface area contributed by atoms with Crippen molar-refractivity contribution in [1.29, 1.82) is 0 Å². The molecule has 0 fully saturated rings. The number of rotatable bonds is 3. The number of anilines is 1. The van der Waals surface area contributed by atoms with E-state index in [1.165, 1.54) is 12.1 Å². The molecule has 0 unspecified atom stereocenters. The minimum atomic E-state index is -0.680. The Hall–Kier alpha value is -3.22. The third-order valence-corrected chi connectivity index (χ3v) is 4.56. The molecule has 0 saturated heterocycles. The maximum atomic E-state index is 13.3. The second-order valence-electron chi connectivity index (χ2n) is 6.26. The first kappa shape index (κ1) is 16.3. The van der Waals surface area contributed by atoms with Gasteiger partial charge < -0.3 is 5.11 Å². The Morgan fingerprint density at radius 1 is 1.31 bits per heavy atom. The molecule has 4 rings (SSSR count). The summed E-state index contributed by atoms with van der Waals surface area (Å²) in [5.41, 5.74) is 3.97. The molecule has 1 N–H and O–H groups in total. The molecule has 0 spiro atoms. The molecule has 0 atom stereocenters. The van der Waals surface area contributed by atoms with Crippen LogP contribution in [0, 0.1) is 12.7 Å². The molecular formula is C19H17FN4O2. The van der Waals surface area contributed by atoms with Crippen LogP contribution >= 0.6 is 0 Å². The maximum absolute atomic E-state index is 13.3. The van der Waals surface area contributed by atoms with E-state index >= 15 is 0 Å². The van der Waals surface area contributed by atoms with Gasteiger partial charge >= 0.3 is 0 Å². The van der Waals surface area contributed by atoms with E-state index in [1.54, 1.807) is 27.9 Å². The number of fused-ring (bicyclic) bond motifs is 1. The van der Waals surface area contributed by atoms with E-state index in [2.05, 4.69) is 10.1 Å². The Morgan fingerprint density at radius 2 is 2.12 bits per heavy atom. The third kappa shape index (κ3) is 2.52. The maximum Gasteiger partial charge on any atom is 0.260 e. The van der Waals surface area contributed by atoms with Crippen LogP contribution in [-0.2, 0) is 13.1 Å². The Kier molecular flexibility index (Phi) is 3.72. The molecule has 0 saturated carbocycles. The fourth-order valence-electron chi connectivity index (χ4n) is 3.19. The van der Waals surface area contributed by atoms with Gasteiger partial charge in [-0.25, -0.2) is 4.39 Å². The van der Waals surface area contributed by atoms with Gasteiger partial charge in [-0.05, 0) is 43.7 Å². The summed E-state index contributed by atoms with van der Waals surface area (Å²) in [4.78, 5) is 19.1. The van der Waals surface area contributed by atoms with Crippen molar-refractivity contribution in [1.82, 2.24) is 14.8 Å². The van der Waals surface area contributed by atoms with Crippen LogP contribution in [0.5, 0.6) is 5.75 Å². The molecule has 0 radical (unpaired) electrons. The molecular weight excluding hydrogens is 335 g/mol. The highest BCUT2D eigenvalue weighted by molar-refractivity contribution is 6.10. The normalized spacial score (nSPS) is 13.3. The quantitative estimate of drug-likeness (QED) is 0.785. The summed E-state index contributed by atoms with van der Waals surface area (Å²) in [6, 6.07) is 5.88. The van der Waals surface area contributed by atoms with E-state index in [-0.39, 0.29) is 5.91 Å². The van der Waals surface area contributed by atoms with Gasteiger partial charge in [-0.2, -0.15) is 5.10 Å². The number of halogens is 1. The van der Waals surface area contributed by atoms with E-state index in [0.29, 0.717) is 29.1 Å². The predicted octanol–water partition coefficient (Wildman–Crippen LogP) is 3.28. The van der Waals surface area contributed by atoms with Crippen molar-refractivity contribution in [3.05, 3.63) is 59.3 Å². The molecule has 1 aromatic carbocycles. The fourth-order valence-corrected chi connectivity index (χ4v) is 3.19. The molecule has 6 nitrogen and oxygen atoms in total. The number of benzene rings is 1. The van der Waals surface area contributed by atoms with E-state index in [9.17, 15) is 14.3 Å². The third-order valence-electron chi connectivity index (χ3n) is 4.56. The standard InChI is InChI=1S/C19H17FN4O2/c1-3-23-9-13(8-21-23)24-10-16-18(19(24)26)11(2)6-15(22-16)12-4-5-14(20)17(25)7-12/h4-9,25H,3,10H2,1-2H3. The number of carbonyl (C=O) groups is 1. The number of amides is 1. The number of carbonyl (C=O) groups excluding carboxylic acids is 1. The average molecular weight is 352 g/mol. The first-order chi connectivity index (χ1) is 12.5. The van der Waals surface area contributed by atoms with Gasteiger partial charge in [0.05, 0.1) is 35.4 Å². The number of nitrogens with zero attached hydrogens (tertiary/aromatic N) is 4. The number of aromatic nitrogens is 3. The minimum Gasteiger partial charge on any atom is -0.505 e. The molecule has 0 aliphatic carbocycles. The van der Waals surface area contributed by atoms with Gasteiger partial charge in [-0.3, -0.25) is 19.4 Å². The van der Waals surface area contributed by atoms with Crippen molar-refractivity contribution in [2.75, 3.05) is 4.90 Å². The monoisotopic (exact) mass is 352 g/mol. The molecule has 132 valence electrons. The van der Waals surface area contributed by atoms with Crippen molar-refractivity contribution in [3.63, 3.8) is 0 Å². The molecule has 2 aromatic heterocycles. The lowest BCUT2D eigenvalue weighted by molar-refractivity contribution is 0.0996. The summed E-state index contributed by atoms with van der Waals surface area (Å²) in [6.07, 6.45) is 3.50. The van der Waals surface area contributed by atoms with Gasteiger partial charge in [0.2, 0.25) is 0 Å². The van der Waals surface area contributed by atoms with Crippen LogP contribution < -0.4 is 4.90 Å². The number of hydrogen-bond acceptors (Lipinski definition) is 4. The summed E-state index contributed by atoms with van der Waals surface area (Å²) in [5.74, 6) is -1.21. The molecule has 26 heavy (non-hydrogen) atoms. The number of phenols is 1. The molecule has 0 bridgehead atoms. The van der Waals surface area contributed by atoms with Crippen LogP contribution in [0.4, 0.5) is 10.1 Å². The molecule has 7 heteroatoms. The van der Waals surface area contributed by atoms with Crippen molar-refractivity contribution in [2.45, 2.75) is 26.9 Å². The highest BCUT2D eigenvalue weighted by Crippen LogP contribution is 2.32.